The number of phenolic OH excluding ortho intramolecular Hbond substituents is 1. The van der Waals surface area contributed by atoms with Crippen molar-refractivity contribution in [3.8, 4) is 5.75 Å². The molecule has 0 radical (unpaired) electrons. The number of carbonyl (C=O) groups excluding carboxylic acids is 2. The van der Waals surface area contributed by atoms with E-state index in [1.807, 2.05) is 71.9 Å². The van der Waals surface area contributed by atoms with E-state index in [1.54, 1.807) is 17.0 Å². The van der Waals surface area contributed by atoms with Crippen molar-refractivity contribution in [1.29, 1.82) is 5.41 Å². The van der Waals surface area contributed by atoms with E-state index in [-0.39, 0.29) is 47.3 Å². The molecule has 34 heavy (non-hydrogen) atoms. The number of phenols is 1. The molecule has 0 spiro atoms. The minimum absolute atomic E-state index is 0.0202. The number of nitrogens with zero attached hydrogens (tertiary/aromatic N) is 1. The first kappa shape index (κ1) is 25.5. The van der Waals surface area contributed by atoms with Gasteiger partial charge < -0.3 is 14.7 Å². The van der Waals surface area contributed by atoms with Crippen LogP contribution in [0.5, 0.6) is 5.75 Å². The molecule has 6 nitrogen and oxygen atoms in total. The lowest BCUT2D eigenvalue weighted by atomic mass is 9.78. The van der Waals surface area contributed by atoms with Gasteiger partial charge in [0.2, 0.25) is 0 Å². The van der Waals surface area contributed by atoms with Crippen molar-refractivity contribution in [2.45, 2.75) is 58.3 Å². The van der Waals surface area contributed by atoms with Gasteiger partial charge in [-0.05, 0) is 28.5 Å². The molecule has 0 saturated carbocycles. The van der Waals surface area contributed by atoms with Crippen LogP contribution in [0.1, 0.15) is 74.5 Å². The predicted molar refractivity (Wildman–Crippen MR) is 134 cm³/mol. The molecule has 1 fully saturated rings. The fraction of sp³-hybridized carbons (Fsp3) is 0.464. The number of methoxy groups -OCH3 is 1. The van der Waals surface area contributed by atoms with Crippen LogP contribution in [-0.2, 0) is 20.4 Å². The van der Waals surface area contributed by atoms with Crippen molar-refractivity contribution in [2.24, 2.45) is 5.92 Å². The van der Waals surface area contributed by atoms with Gasteiger partial charge in [-0.15, -0.1) is 0 Å². The average Bonchev–Trinajstić information content (AvgIpc) is 3.08. The van der Waals surface area contributed by atoms with Gasteiger partial charge in [0.15, 0.2) is 5.78 Å². The summed E-state index contributed by atoms with van der Waals surface area (Å²) in [5.41, 5.74) is 2.08. The minimum atomic E-state index is -0.553. The molecule has 1 aliphatic heterocycles. The second-order valence-corrected chi connectivity index (χ2v) is 11.1. The summed E-state index contributed by atoms with van der Waals surface area (Å²) in [6, 6.07) is 13.0. The van der Waals surface area contributed by atoms with Crippen molar-refractivity contribution in [1.82, 2.24) is 4.90 Å². The summed E-state index contributed by atoms with van der Waals surface area (Å²) in [6.07, 6.45) is 0. The molecule has 1 saturated heterocycles. The lowest BCUT2D eigenvalue weighted by molar-refractivity contribution is -0.145. The summed E-state index contributed by atoms with van der Waals surface area (Å²) in [7, 11) is 1.35. The zero-order chi connectivity index (χ0) is 25.4. The Morgan fingerprint density at radius 3 is 2.03 bits per heavy atom. The third kappa shape index (κ3) is 5.01. The predicted octanol–water partition coefficient (Wildman–Crippen LogP) is 5.04. The molecule has 1 heterocycles. The van der Waals surface area contributed by atoms with E-state index < -0.39 is 11.8 Å². The van der Waals surface area contributed by atoms with Gasteiger partial charge in [-0.2, -0.15) is 0 Å². The van der Waals surface area contributed by atoms with Gasteiger partial charge in [-0.3, -0.25) is 15.0 Å². The number of nitrogens with one attached hydrogen (secondary N) is 1. The van der Waals surface area contributed by atoms with Gasteiger partial charge in [-0.25, -0.2) is 0 Å². The largest absolute Gasteiger partial charge is 0.507 e. The minimum Gasteiger partial charge on any atom is -0.507 e. The summed E-state index contributed by atoms with van der Waals surface area (Å²) >= 11 is 0. The number of hydrogen-bond acceptors (Lipinski definition) is 5. The Kier molecular flexibility index (Phi) is 6.92. The standard InChI is InChI=1S/C28H36N2O4/c1-27(2,3)20-13-18(14-21(24(20)32)28(4,5)6)22(31)16-30-15-19(26(33)34-7)23(25(30)29)17-11-9-8-10-12-17/h8-14,19,23,29,32H,15-16H2,1-7H3/t19-,23+/m0/s1. The molecule has 1 aliphatic rings. The van der Waals surface area contributed by atoms with Gasteiger partial charge in [0.25, 0.3) is 0 Å². The maximum atomic E-state index is 13.5. The number of Topliss-reactive ketones (excluding diaryl/α,β-unsaturated/α-hetero) is 1. The van der Waals surface area contributed by atoms with E-state index in [2.05, 4.69) is 0 Å². The molecule has 6 heteroatoms. The Morgan fingerprint density at radius 2 is 1.56 bits per heavy atom. The highest BCUT2D eigenvalue weighted by molar-refractivity contribution is 6.02. The zero-order valence-electron chi connectivity index (χ0n) is 21.2. The second kappa shape index (κ2) is 9.24. The highest BCUT2D eigenvalue weighted by Crippen LogP contribution is 2.40. The Hall–Kier alpha value is -3.15. The van der Waals surface area contributed by atoms with E-state index in [4.69, 9.17) is 10.1 Å². The quantitative estimate of drug-likeness (QED) is 0.478. The SMILES string of the molecule is COC(=O)[C@H]1CN(CC(=O)c2cc(C(C)(C)C)c(O)c(C(C)(C)C)c2)C(=N)[C@@H]1c1ccccc1. The third-order valence-electron chi connectivity index (χ3n) is 6.50. The molecule has 0 aromatic heterocycles. The van der Waals surface area contributed by atoms with Crippen LogP contribution in [0.4, 0.5) is 0 Å². The van der Waals surface area contributed by atoms with Crippen LogP contribution in [0.15, 0.2) is 42.5 Å². The summed E-state index contributed by atoms with van der Waals surface area (Å²) in [5, 5.41) is 19.8. The Morgan fingerprint density at radius 1 is 1.03 bits per heavy atom. The van der Waals surface area contributed by atoms with Gasteiger partial charge in [-0.1, -0.05) is 71.9 Å². The second-order valence-electron chi connectivity index (χ2n) is 11.1. The first-order chi connectivity index (χ1) is 15.8. The monoisotopic (exact) mass is 464 g/mol. The van der Waals surface area contributed by atoms with Crippen molar-refractivity contribution < 1.29 is 19.4 Å². The molecular formula is C28H36N2O4. The maximum Gasteiger partial charge on any atom is 0.311 e. The van der Waals surface area contributed by atoms with Gasteiger partial charge in [0.1, 0.15) is 11.6 Å². The van der Waals surface area contributed by atoms with Crippen molar-refractivity contribution in [2.75, 3.05) is 20.2 Å². The zero-order valence-corrected chi connectivity index (χ0v) is 21.2. The van der Waals surface area contributed by atoms with Crippen LogP contribution in [0.3, 0.4) is 0 Å². The number of benzene rings is 2. The van der Waals surface area contributed by atoms with E-state index in [0.717, 1.165) is 16.7 Å². The molecule has 2 N–H and O–H groups in total. The molecular weight excluding hydrogens is 428 g/mol. The van der Waals surface area contributed by atoms with E-state index >= 15 is 0 Å². The number of hydrogen-bond donors (Lipinski definition) is 2. The number of ketones is 1. The van der Waals surface area contributed by atoms with E-state index in [9.17, 15) is 14.7 Å². The first-order valence-electron chi connectivity index (χ1n) is 11.6. The Balaban J connectivity index is 1.96. The molecule has 0 aliphatic carbocycles. The van der Waals surface area contributed by atoms with E-state index in [1.165, 1.54) is 7.11 Å². The normalized spacial score (nSPS) is 18.8. The summed E-state index contributed by atoms with van der Waals surface area (Å²) in [5.74, 6) is -1.10. The molecule has 2 atom stereocenters. The number of ether oxygens (including phenoxy) is 1. The topological polar surface area (TPSA) is 90.7 Å². The van der Waals surface area contributed by atoms with Gasteiger partial charge in [0.05, 0.1) is 25.5 Å². The molecule has 0 bridgehead atoms. The number of rotatable bonds is 5. The summed E-state index contributed by atoms with van der Waals surface area (Å²) < 4.78 is 5.02. The van der Waals surface area contributed by atoms with Crippen LogP contribution >= 0.6 is 0 Å². The van der Waals surface area contributed by atoms with Gasteiger partial charge >= 0.3 is 5.97 Å². The number of esters is 1. The number of aromatic hydroxyl groups is 1. The van der Waals surface area contributed by atoms with Crippen LogP contribution < -0.4 is 0 Å². The van der Waals surface area contributed by atoms with E-state index in [0.29, 0.717) is 5.56 Å². The van der Waals surface area contributed by atoms with Crippen LogP contribution in [-0.4, -0.2) is 47.8 Å². The molecule has 182 valence electrons. The smallest absolute Gasteiger partial charge is 0.311 e. The highest BCUT2D eigenvalue weighted by atomic mass is 16.5. The molecule has 0 unspecified atom stereocenters. The lowest BCUT2D eigenvalue weighted by Crippen LogP contribution is -2.32. The number of carbonyl (C=O) groups is 2. The number of likely N-dealkylation sites (tertiary alicyclic amines) is 1. The highest BCUT2D eigenvalue weighted by Gasteiger charge is 2.44. The first-order valence-corrected chi connectivity index (χ1v) is 11.6. The Labute approximate surface area is 202 Å². The van der Waals surface area contributed by atoms with Crippen LogP contribution in [0.2, 0.25) is 0 Å². The summed E-state index contributed by atoms with van der Waals surface area (Å²) in [6.45, 7) is 12.2. The lowest BCUT2D eigenvalue weighted by Gasteiger charge is -2.28. The molecule has 2 aromatic carbocycles. The number of amidine groups is 1. The third-order valence-corrected chi connectivity index (χ3v) is 6.50. The van der Waals surface area contributed by atoms with Crippen LogP contribution in [0.25, 0.3) is 0 Å². The van der Waals surface area contributed by atoms with Crippen molar-refractivity contribution in [3.05, 3.63) is 64.7 Å². The van der Waals surface area contributed by atoms with Gasteiger partial charge in [0, 0.05) is 23.2 Å². The Bertz CT molecular complexity index is 1060. The fourth-order valence-corrected chi connectivity index (χ4v) is 4.59. The molecule has 2 aromatic rings. The fourth-order valence-electron chi connectivity index (χ4n) is 4.59. The summed E-state index contributed by atoms with van der Waals surface area (Å²) in [4.78, 5) is 27.7. The average molecular weight is 465 g/mol. The van der Waals surface area contributed by atoms with Crippen molar-refractivity contribution in [3.63, 3.8) is 0 Å². The molecule has 0 amide bonds. The van der Waals surface area contributed by atoms with Crippen molar-refractivity contribution >= 4 is 17.6 Å². The van der Waals surface area contributed by atoms with Crippen LogP contribution in [0, 0.1) is 11.3 Å². The molecule has 3 rings (SSSR count). The maximum absolute atomic E-state index is 13.5.